The van der Waals surface area contributed by atoms with Crippen LogP contribution in [0.4, 0.5) is 5.82 Å². The molecule has 0 saturated carbocycles. The Morgan fingerprint density at radius 3 is 3.04 bits per heavy atom. The number of anilines is 1. The van der Waals surface area contributed by atoms with Gasteiger partial charge in [-0.05, 0) is 19.8 Å². The lowest BCUT2D eigenvalue weighted by molar-refractivity contribution is 0.0555. The van der Waals surface area contributed by atoms with Crippen LogP contribution in [0.5, 0.6) is 0 Å². The summed E-state index contributed by atoms with van der Waals surface area (Å²) >= 11 is 1.73. The zero-order valence-electron chi connectivity index (χ0n) is 14.7. The van der Waals surface area contributed by atoms with Crippen LogP contribution in [0.3, 0.4) is 0 Å². The van der Waals surface area contributed by atoms with Crippen LogP contribution in [0.2, 0.25) is 0 Å². The molecular formula is C18H25N5OS. The number of aromatic nitrogens is 3. The molecule has 0 bridgehead atoms. The highest BCUT2D eigenvalue weighted by atomic mass is 32.1. The van der Waals surface area contributed by atoms with Gasteiger partial charge in [-0.25, -0.2) is 9.97 Å². The van der Waals surface area contributed by atoms with Gasteiger partial charge in [0.2, 0.25) is 0 Å². The summed E-state index contributed by atoms with van der Waals surface area (Å²) < 4.78 is 6.02. The van der Waals surface area contributed by atoms with Gasteiger partial charge in [0.05, 0.1) is 30.1 Å². The van der Waals surface area contributed by atoms with Crippen LogP contribution in [-0.2, 0) is 11.3 Å². The third-order valence-electron chi connectivity index (χ3n) is 5.11. The largest absolute Gasteiger partial charge is 0.379 e. The van der Waals surface area contributed by atoms with Crippen molar-refractivity contribution >= 4 is 17.2 Å². The molecule has 4 heterocycles. The van der Waals surface area contributed by atoms with Crippen molar-refractivity contribution in [1.82, 2.24) is 19.9 Å². The number of rotatable bonds is 3. The van der Waals surface area contributed by atoms with E-state index in [2.05, 4.69) is 37.1 Å². The van der Waals surface area contributed by atoms with E-state index in [0.717, 1.165) is 56.8 Å². The summed E-state index contributed by atoms with van der Waals surface area (Å²) in [7, 11) is 0. The Bertz CT molecular complexity index is 694. The molecule has 7 heteroatoms. The van der Waals surface area contributed by atoms with Crippen LogP contribution < -0.4 is 4.90 Å². The average molecular weight is 359 g/mol. The van der Waals surface area contributed by atoms with E-state index in [4.69, 9.17) is 4.74 Å². The van der Waals surface area contributed by atoms with Gasteiger partial charge in [-0.2, -0.15) is 0 Å². The highest BCUT2D eigenvalue weighted by molar-refractivity contribution is 7.09. The maximum Gasteiger partial charge on any atom is 0.147 e. The summed E-state index contributed by atoms with van der Waals surface area (Å²) in [6.45, 7) is 8.68. The second-order valence-corrected chi connectivity index (χ2v) is 8.27. The Labute approximate surface area is 152 Å². The molecule has 2 aliphatic rings. The molecule has 2 aromatic heterocycles. The topological polar surface area (TPSA) is 54.4 Å². The van der Waals surface area contributed by atoms with E-state index in [1.54, 1.807) is 23.7 Å². The van der Waals surface area contributed by atoms with Crippen LogP contribution in [0, 0.1) is 12.3 Å². The van der Waals surface area contributed by atoms with Crippen molar-refractivity contribution in [3.05, 3.63) is 34.7 Å². The fourth-order valence-electron chi connectivity index (χ4n) is 4.03. The molecule has 0 unspecified atom stereocenters. The Morgan fingerprint density at radius 1 is 1.28 bits per heavy atom. The van der Waals surface area contributed by atoms with Crippen LogP contribution >= 0.6 is 11.3 Å². The van der Waals surface area contributed by atoms with Gasteiger partial charge in [0.15, 0.2) is 0 Å². The molecule has 0 N–H and O–H groups in total. The highest BCUT2D eigenvalue weighted by Gasteiger charge is 2.39. The van der Waals surface area contributed by atoms with E-state index in [1.165, 1.54) is 18.5 Å². The highest BCUT2D eigenvalue weighted by Crippen LogP contribution is 2.34. The standard InChI is InChI=1S/C18H25N5OS/c1-15-21-16(11-25-15)10-22-7-8-24-14-18(12-22)3-2-6-23(13-18)17-9-19-4-5-20-17/h4-5,9,11H,2-3,6-8,10,12-14H2,1H3/t18-/m1/s1. The maximum atomic E-state index is 6.02. The quantitative estimate of drug-likeness (QED) is 0.839. The lowest BCUT2D eigenvalue weighted by Crippen LogP contribution is -2.50. The molecule has 134 valence electrons. The predicted molar refractivity (Wildman–Crippen MR) is 98.9 cm³/mol. The second-order valence-electron chi connectivity index (χ2n) is 7.21. The summed E-state index contributed by atoms with van der Waals surface area (Å²) in [5, 5.41) is 3.32. The summed E-state index contributed by atoms with van der Waals surface area (Å²) in [6.07, 6.45) is 7.75. The number of ether oxygens (including phenoxy) is 1. The summed E-state index contributed by atoms with van der Waals surface area (Å²) in [5.41, 5.74) is 1.35. The van der Waals surface area contributed by atoms with Crippen LogP contribution in [0.25, 0.3) is 0 Å². The Morgan fingerprint density at radius 2 is 2.24 bits per heavy atom. The van der Waals surface area contributed by atoms with E-state index >= 15 is 0 Å². The zero-order valence-corrected chi connectivity index (χ0v) is 15.5. The lowest BCUT2D eigenvalue weighted by Gasteiger charge is -2.44. The molecule has 6 nitrogen and oxygen atoms in total. The number of aryl methyl sites for hydroxylation is 1. The van der Waals surface area contributed by atoms with Crippen molar-refractivity contribution in [2.75, 3.05) is 44.3 Å². The number of piperidine rings is 1. The molecular weight excluding hydrogens is 334 g/mol. The van der Waals surface area contributed by atoms with Crippen molar-refractivity contribution in [3.63, 3.8) is 0 Å². The Balaban J connectivity index is 1.48. The van der Waals surface area contributed by atoms with Crippen molar-refractivity contribution in [3.8, 4) is 0 Å². The van der Waals surface area contributed by atoms with Crippen molar-refractivity contribution in [2.45, 2.75) is 26.3 Å². The van der Waals surface area contributed by atoms with Gasteiger partial charge in [-0.1, -0.05) is 0 Å². The van der Waals surface area contributed by atoms with Crippen molar-refractivity contribution in [1.29, 1.82) is 0 Å². The van der Waals surface area contributed by atoms with Gasteiger partial charge in [-0.3, -0.25) is 9.88 Å². The normalized spacial score (nSPS) is 25.2. The van der Waals surface area contributed by atoms with E-state index in [9.17, 15) is 0 Å². The molecule has 0 aliphatic carbocycles. The molecule has 2 aromatic rings. The minimum Gasteiger partial charge on any atom is -0.379 e. The maximum absolute atomic E-state index is 6.02. The van der Waals surface area contributed by atoms with E-state index in [1.807, 2.05) is 6.20 Å². The smallest absolute Gasteiger partial charge is 0.147 e. The monoisotopic (exact) mass is 359 g/mol. The molecule has 0 aromatic carbocycles. The molecule has 1 atom stereocenters. The number of nitrogens with zero attached hydrogens (tertiary/aromatic N) is 5. The molecule has 2 saturated heterocycles. The van der Waals surface area contributed by atoms with E-state index in [0.29, 0.717) is 0 Å². The third kappa shape index (κ3) is 3.99. The van der Waals surface area contributed by atoms with Gasteiger partial charge in [-0.15, -0.1) is 11.3 Å². The fraction of sp³-hybridized carbons (Fsp3) is 0.611. The second kappa shape index (κ2) is 7.35. The van der Waals surface area contributed by atoms with Crippen LogP contribution in [0.15, 0.2) is 24.0 Å². The number of thiazole rings is 1. The SMILES string of the molecule is Cc1nc(CN2CCOC[C@]3(CCCN(c4cnccn4)C3)C2)cs1. The minimum absolute atomic E-state index is 0.164. The zero-order chi connectivity index (χ0) is 17.1. The van der Waals surface area contributed by atoms with Gasteiger partial charge in [0.25, 0.3) is 0 Å². The molecule has 2 aliphatic heterocycles. The molecule has 0 radical (unpaired) electrons. The van der Waals surface area contributed by atoms with Crippen LogP contribution in [0.1, 0.15) is 23.5 Å². The van der Waals surface area contributed by atoms with E-state index in [-0.39, 0.29) is 5.41 Å². The lowest BCUT2D eigenvalue weighted by atomic mass is 9.80. The molecule has 2 fully saturated rings. The first kappa shape index (κ1) is 16.9. The summed E-state index contributed by atoms with van der Waals surface area (Å²) in [5.74, 6) is 0.979. The Kier molecular flexibility index (Phi) is 4.96. The fourth-order valence-corrected chi connectivity index (χ4v) is 4.63. The summed E-state index contributed by atoms with van der Waals surface area (Å²) in [4.78, 5) is 18.3. The van der Waals surface area contributed by atoms with Gasteiger partial charge in [0, 0.05) is 55.9 Å². The number of hydrogen-bond donors (Lipinski definition) is 0. The molecule has 1 spiro atoms. The predicted octanol–water partition coefficient (Wildman–Crippen LogP) is 2.36. The van der Waals surface area contributed by atoms with Crippen molar-refractivity contribution < 1.29 is 4.74 Å². The van der Waals surface area contributed by atoms with Crippen molar-refractivity contribution in [2.24, 2.45) is 5.41 Å². The average Bonchev–Trinajstić information content (AvgIpc) is 2.94. The van der Waals surface area contributed by atoms with Gasteiger partial charge < -0.3 is 9.64 Å². The summed E-state index contributed by atoms with van der Waals surface area (Å²) in [6, 6.07) is 0. The molecule has 4 rings (SSSR count). The first-order valence-electron chi connectivity index (χ1n) is 8.95. The van der Waals surface area contributed by atoms with Gasteiger partial charge >= 0.3 is 0 Å². The van der Waals surface area contributed by atoms with Gasteiger partial charge in [0.1, 0.15) is 5.82 Å². The Hall–Kier alpha value is -1.57. The first-order valence-corrected chi connectivity index (χ1v) is 9.83. The third-order valence-corrected chi connectivity index (χ3v) is 5.93. The molecule has 25 heavy (non-hydrogen) atoms. The van der Waals surface area contributed by atoms with Crippen LogP contribution in [-0.4, -0.2) is 59.2 Å². The molecule has 0 amide bonds. The number of hydrogen-bond acceptors (Lipinski definition) is 7. The van der Waals surface area contributed by atoms with E-state index < -0.39 is 0 Å². The minimum atomic E-state index is 0.164. The first-order chi connectivity index (χ1) is 12.2.